The molecule has 0 aliphatic carbocycles. The monoisotopic (exact) mass is 291 g/mol. The van der Waals surface area contributed by atoms with Crippen LogP contribution in [0.1, 0.15) is 37.3 Å². The van der Waals surface area contributed by atoms with Crippen LogP contribution in [0.15, 0.2) is 35.5 Å². The molecule has 1 unspecified atom stereocenters. The van der Waals surface area contributed by atoms with Crippen LogP contribution in [0, 0.1) is 0 Å². The van der Waals surface area contributed by atoms with Crippen LogP contribution in [0.4, 0.5) is 5.69 Å². The first kappa shape index (κ1) is 12.4. The van der Waals surface area contributed by atoms with Crippen molar-refractivity contribution in [3.05, 3.63) is 46.6 Å². The molecule has 0 amide bonds. The third kappa shape index (κ3) is 1.85. The van der Waals surface area contributed by atoms with Gasteiger partial charge in [0.05, 0.1) is 0 Å². The normalized spacial score (nSPS) is 18.5. The zero-order valence-corrected chi connectivity index (χ0v) is 12.3. The van der Waals surface area contributed by atoms with Gasteiger partial charge in [0.1, 0.15) is 0 Å². The third-order valence-corrected chi connectivity index (χ3v) is 4.34. The average molecular weight is 292 g/mol. The van der Waals surface area contributed by atoms with Gasteiger partial charge in [0.25, 0.3) is 0 Å². The second kappa shape index (κ2) is 4.34. The molecule has 17 heavy (non-hydrogen) atoms. The Labute approximate surface area is 112 Å². The molecule has 0 N–H and O–H groups in total. The van der Waals surface area contributed by atoms with Crippen LogP contribution in [0.5, 0.6) is 0 Å². The number of allylic oxidation sites excluding steroid dienone is 2. The number of anilines is 1. The van der Waals surface area contributed by atoms with Gasteiger partial charge in [-0.3, -0.25) is 0 Å². The predicted molar refractivity (Wildman–Crippen MR) is 79.4 cm³/mol. The van der Waals surface area contributed by atoms with E-state index in [1.165, 1.54) is 22.4 Å². The molecule has 90 valence electrons. The van der Waals surface area contributed by atoms with Gasteiger partial charge in [-0.25, -0.2) is 0 Å². The topological polar surface area (TPSA) is 3.24 Å². The molecule has 1 aliphatic rings. The Morgan fingerprint density at radius 3 is 2.71 bits per heavy atom. The minimum atomic E-state index is 0.395. The highest BCUT2D eigenvalue weighted by Gasteiger charge is 2.28. The number of halogens is 1. The number of benzene rings is 1. The molecule has 1 nitrogen and oxygen atoms in total. The Balaban J connectivity index is 2.59. The van der Waals surface area contributed by atoms with Crippen molar-refractivity contribution in [3.63, 3.8) is 0 Å². The summed E-state index contributed by atoms with van der Waals surface area (Å²) in [4.78, 5) is 2.17. The summed E-state index contributed by atoms with van der Waals surface area (Å²) in [5, 5.41) is 0. The Bertz CT molecular complexity index is 502. The number of hydrogen-bond donors (Lipinski definition) is 0. The fourth-order valence-electron chi connectivity index (χ4n) is 2.30. The van der Waals surface area contributed by atoms with E-state index >= 15 is 0 Å². The molecular weight excluding hydrogens is 274 g/mol. The fraction of sp³-hybridized carbons (Fsp3) is 0.333. The van der Waals surface area contributed by atoms with Crippen molar-refractivity contribution in [1.82, 2.24) is 0 Å². The molecule has 0 bridgehead atoms. The van der Waals surface area contributed by atoms with Gasteiger partial charge in [-0.05, 0) is 35.3 Å². The fourth-order valence-corrected chi connectivity index (χ4v) is 2.91. The van der Waals surface area contributed by atoms with Crippen molar-refractivity contribution in [2.24, 2.45) is 0 Å². The van der Waals surface area contributed by atoms with E-state index in [9.17, 15) is 0 Å². The minimum absolute atomic E-state index is 0.395. The van der Waals surface area contributed by atoms with Crippen LogP contribution in [0.25, 0.3) is 5.57 Å². The van der Waals surface area contributed by atoms with Crippen LogP contribution in [-0.2, 0) is 0 Å². The van der Waals surface area contributed by atoms with Gasteiger partial charge in [0.2, 0.25) is 0 Å². The molecule has 0 saturated heterocycles. The van der Waals surface area contributed by atoms with Gasteiger partial charge in [0.15, 0.2) is 0 Å². The zero-order valence-electron chi connectivity index (χ0n) is 10.7. The quantitative estimate of drug-likeness (QED) is 0.746. The molecular formula is C15H18BrN. The highest BCUT2D eigenvalue weighted by Crippen LogP contribution is 2.44. The van der Waals surface area contributed by atoms with Crippen molar-refractivity contribution in [1.29, 1.82) is 0 Å². The van der Waals surface area contributed by atoms with Gasteiger partial charge >= 0.3 is 0 Å². The average Bonchev–Trinajstić information content (AvgIpc) is 2.53. The summed E-state index contributed by atoms with van der Waals surface area (Å²) in [6.07, 6.45) is 0.975. The maximum Gasteiger partial charge on any atom is 0.0456 e. The summed E-state index contributed by atoms with van der Waals surface area (Å²) in [6.45, 7) is 12.6. The molecule has 1 atom stereocenters. The standard InChI is InChI=1S/C15H18BrN/c1-6-9(2)12-7-13-10(3)11(4)17(5)15(13)8-14(12)16/h7-8,10H,2,4,6H2,1,3,5H3. The van der Waals surface area contributed by atoms with Crippen molar-refractivity contribution in [3.8, 4) is 0 Å². The van der Waals surface area contributed by atoms with Crippen LogP contribution in [0.3, 0.4) is 0 Å². The van der Waals surface area contributed by atoms with Gasteiger partial charge in [-0.2, -0.15) is 0 Å². The Morgan fingerprint density at radius 1 is 1.47 bits per heavy atom. The SMILES string of the molecule is C=C(CC)c1cc2c(cc1Br)N(C)C(=C)C2C. The first-order valence-corrected chi connectivity index (χ1v) is 6.70. The van der Waals surface area contributed by atoms with Crippen LogP contribution < -0.4 is 4.90 Å². The minimum Gasteiger partial charge on any atom is -0.348 e. The number of fused-ring (bicyclic) bond motifs is 1. The Kier molecular flexibility index (Phi) is 3.17. The van der Waals surface area contributed by atoms with E-state index in [1.807, 2.05) is 0 Å². The number of rotatable bonds is 2. The van der Waals surface area contributed by atoms with E-state index < -0.39 is 0 Å². The summed E-state index contributed by atoms with van der Waals surface area (Å²) in [5.41, 5.74) is 6.16. The lowest BCUT2D eigenvalue weighted by Gasteiger charge is -2.15. The van der Waals surface area contributed by atoms with Gasteiger partial charge in [-0.1, -0.05) is 42.9 Å². The summed E-state index contributed by atoms with van der Waals surface area (Å²) in [6, 6.07) is 4.44. The maximum absolute atomic E-state index is 4.14. The molecule has 1 aliphatic heterocycles. The van der Waals surface area contributed by atoms with Gasteiger partial charge in [-0.15, -0.1) is 0 Å². The van der Waals surface area contributed by atoms with Crippen LogP contribution in [0.2, 0.25) is 0 Å². The molecule has 2 rings (SSSR count). The summed E-state index contributed by atoms with van der Waals surface area (Å²) < 4.78 is 1.12. The Hall–Kier alpha value is -1.02. The lowest BCUT2D eigenvalue weighted by Crippen LogP contribution is -2.10. The van der Waals surface area contributed by atoms with Crippen LogP contribution in [-0.4, -0.2) is 7.05 Å². The van der Waals surface area contributed by atoms with Crippen molar-refractivity contribution >= 4 is 27.2 Å². The highest BCUT2D eigenvalue weighted by atomic mass is 79.9. The maximum atomic E-state index is 4.14. The smallest absolute Gasteiger partial charge is 0.0456 e. The molecule has 1 aromatic rings. The molecule has 0 spiro atoms. The highest BCUT2D eigenvalue weighted by molar-refractivity contribution is 9.10. The van der Waals surface area contributed by atoms with Crippen molar-refractivity contribution in [2.45, 2.75) is 26.2 Å². The van der Waals surface area contributed by atoms with Crippen molar-refractivity contribution < 1.29 is 0 Å². The van der Waals surface area contributed by atoms with E-state index in [0.717, 1.165) is 16.6 Å². The largest absolute Gasteiger partial charge is 0.348 e. The summed E-state index contributed by atoms with van der Waals surface area (Å²) in [7, 11) is 2.07. The van der Waals surface area contributed by atoms with E-state index in [-0.39, 0.29) is 0 Å². The lowest BCUT2D eigenvalue weighted by atomic mass is 9.96. The van der Waals surface area contributed by atoms with E-state index in [0.29, 0.717) is 5.92 Å². The molecule has 0 fully saturated rings. The zero-order chi connectivity index (χ0) is 12.7. The van der Waals surface area contributed by atoms with Crippen LogP contribution >= 0.6 is 15.9 Å². The van der Waals surface area contributed by atoms with E-state index in [4.69, 9.17) is 0 Å². The second-order valence-corrected chi connectivity index (χ2v) is 5.47. The van der Waals surface area contributed by atoms with E-state index in [2.05, 4.69) is 67.0 Å². The van der Waals surface area contributed by atoms with Gasteiger partial charge in [0, 0.05) is 28.8 Å². The summed E-state index contributed by atoms with van der Waals surface area (Å²) >= 11 is 3.64. The molecule has 0 radical (unpaired) electrons. The third-order valence-electron chi connectivity index (χ3n) is 3.68. The predicted octanol–water partition coefficient (Wildman–Crippen LogP) is 4.94. The Morgan fingerprint density at radius 2 is 2.12 bits per heavy atom. The molecule has 1 aromatic carbocycles. The number of hydrogen-bond acceptors (Lipinski definition) is 1. The molecule has 0 aromatic heterocycles. The second-order valence-electron chi connectivity index (χ2n) is 4.62. The summed E-state index contributed by atoms with van der Waals surface area (Å²) in [5.74, 6) is 0.395. The molecule has 2 heteroatoms. The molecule has 0 saturated carbocycles. The number of likely N-dealkylation sites (N-methyl/N-ethyl adjacent to an activating group) is 1. The van der Waals surface area contributed by atoms with E-state index in [1.54, 1.807) is 0 Å². The first-order valence-electron chi connectivity index (χ1n) is 5.91. The lowest BCUT2D eigenvalue weighted by molar-refractivity contribution is 0.914. The first-order chi connectivity index (χ1) is 7.97. The molecule has 1 heterocycles. The van der Waals surface area contributed by atoms with Crippen molar-refractivity contribution in [2.75, 3.05) is 11.9 Å². The number of nitrogens with zero attached hydrogens (tertiary/aromatic N) is 1. The van der Waals surface area contributed by atoms with Gasteiger partial charge < -0.3 is 4.90 Å².